The molecule has 3 N–H and O–H groups in total. The number of urea groups is 1. The van der Waals surface area contributed by atoms with E-state index in [0.717, 1.165) is 12.2 Å². The van der Waals surface area contributed by atoms with Crippen molar-refractivity contribution in [3.05, 3.63) is 24.3 Å². The van der Waals surface area contributed by atoms with Gasteiger partial charge in [-0.25, -0.2) is 4.79 Å². The molecule has 1 saturated carbocycles. The summed E-state index contributed by atoms with van der Waals surface area (Å²) in [4.78, 5) is 36.0. The van der Waals surface area contributed by atoms with Gasteiger partial charge in [-0.3, -0.25) is 9.59 Å². The average molecular weight is 331 g/mol. The van der Waals surface area contributed by atoms with Crippen LogP contribution in [0.2, 0.25) is 0 Å². The van der Waals surface area contributed by atoms with Gasteiger partial charge in [0, 0.05) is 30.4 Å². The number of carboxylic acid groups (broad SMARTS) is 1. The lowest BCUT2D eigenvalue weighted by molar-refractivity contribution is -0.142. The maximum absolute atomic E-state index is 12.0. The van der Waals surface area contributed by atoms with Gasteiger partial charge in [0.15, 0.2) is 0 Å². The van der Waals surface area contributed by atoms with Crippen LogP contribution in [0.5, 0.6) is 0 Å². The predicted molar refractivity (Wildman–Crippen MR) is 88.9 cm³/mol. The van der Waals surface area contributed by atoms with Crippen molar-refractivity contribution in [1.29, 1.82) is 0 Å². The molecule has 0 radical (unpaired) electrons. The molecule has 2 aliphatic rings. The summed E-state index contributed by atoms with van der Waals surface area (Å²) in [5.41, 5.74) is 1.49. The third-order valence-electron chi connectivity index (χ3n) is 4.70. The first-order valence-corrected chi connectivity index (χ1v) is 8.23. The monoisotopic (exact) mass is 331 g/mol. The van der Waals surface area contributed by atoms with Crippen LogP contribution >= 0.6 is 0 Å². The molecule has 1 aromatic carbocycles. The maximum Gasteiger partial charge on any atom is 0.319 e. The van der Waals surface area contributed by atoms with Gasteiger partial charge in [-0.1, -0.05) is 0 Å². The molecule has 0 bridgehead atoms. The summed E-state index contributed by atoms with van der Waals surface area (Å²) in [7, 11) is 0. The Kier molecular flexibility index (Phi) is 4.69. The number of hydrogen-bond acceptors (Lipinski definition) is 3. The van der Waals surface area contributed by atoms with E-state index in [0.29, 0.717) is 37.8 Å². The van der Waals surface area contributed by atoms with Crippen molar-refractivity contribution in [2.75, 3.05) is 16.8 Å². The molecule has 0 aromatic heterocycles. The van der Waals surface area contributed by atoms with Gasteiger partial charge in [0.25, 0.3) is 0 Å². The fourth-order valence-corrected chi connectivity index (χ4v) is 3.15. The van der Waals surface area contributed by atoms with Gasteiger partial charge in [-0.15, -0.1) is 0 Å². The zero-order valence-electron chi connectivity index (χ0n) is 13.3. The van der Waals surface area contributed by atoms with E-state index in [2.05, 4.69) is 10.6 Å². The standard InChI is InChI=1S/C17H21N3O4/c21-15-9-10-20(15)14-7-5-13(6-8-14)19-17(24)18-12-3-1-11(2-4-12)16(22)23/h5-8,11-12H,1-4,9-10H2,(H,22,23)(H2,18,19,24). The van der Waals surface area contributed by atoms with E-state index in [-0.39, 0.29) is 23.9 Å². The minimum absolute atomic E-state index is 0.0126. The lowest BCUT2D eigenvalue weighted by Gasteiger charge is -2.30. The van der Waals surface area contributed by atoms with Gasteiger partial charge in [-0.05, 0) is 49.9 Å². The zero-order chi connectivity index (χ0) is 17.1. The fourth-order valence-electron chi connectivity index (χ4n) is 3.15. The van der Waals surface area contributed by atoms with Gasteiger partial charge < -0.3 is 20.6 Å². The van der Waals surface area contributed by atoms with Crippen molar-refractivity contribution in [2.45, 2.75) is 38.1 Å². The topological polar surface area (TPSA) is 98.7 Å². The molecule has 24 heavy (non-hydrogen) atoms. The van der Waals surface area contributed by atoms with E-state index in [1.54, 1.807) is 17.0 Å². The Morgan fingerprint density at radius 2 is 1.75 bits per heavy atom. The van der Waals surface area contributed by atoms with E-state index >= 15 is 0 Å². The second-order valence-corrected chi connectivity index (χ2v) is 6.33. The molecule has 1 aromatic rings. The number of rotatable bonds is 4. The van der Waals surface area contributed by atoms with Crippen molar-refractivity contribution in [2.24, 2.45) is 5.92 Å². The Labute approximate surface area is 140 Å². The number of carbonyl (C=O) groups is 3. The van der Waals surface area contributed by atoms with E-state index in [9.17, 15) is 14.4 Å². The summed E-state index contributed by atoms with van der Waals surface area (Å²) in [6, 6.07) is 6.87. The molecular weight excluding hydrogens is 310 g/mol. The molecule has 0 spiro atoms. The van der Waals surface area contributed by atoms with Crippen LogP contribution in [0.3, 0.4) is 0 Å². The number of hydrogen-bond donors (Lipinski definition) is 3. The van der Waals surface area contributed by atoms with Gasteiger partial charge in [0.1, 0.15) is 0 Å². The predicted octanol–water partition coefficient (Wildman–Crippen LogP) is 2.19. The Morgan fingerprint density at radius 3 is 2.25 bits per heavy atom. The summed E-state index contributed by atoms with van der Waals surface area (Å²) in [5.74, 6) is -0.924. The van der Waals surface area contributed by atoms with Gasteiger partial charge in [-0.2, -0.15) is 0 Å². The van der Waals surface area contributed by atoms with E-state index in [4.69, 9.17) is 5.11 Å². The molecule has 3 rings (SSSR count). The van der Waals surface area contributed by atoms with E-state index in [1.165, 1.54) is 0 Å². The second-order valence-electron chi connectivity index (χ2n) is 6.33. The molecule has 1 aliphatic heterocycles. The lowest BCUT2D eigenvalue weighted by atomic mass is 9.86. The van der Waals surface area contributed by atoms with Crippen LogP contribution in [0.4, 0.5) is 16.2 Å². The molecule has 7 nitrogen and oxygen atoms in total. The highest BCUT2D eigenvalue weighted by Crippen LogP contribution is 2.25. The minimum atomic E-state index is -0.751. The number of benzene rings is 1. The third-order valence-corrected chi connectivity index (χ3v) is 4.70. The summed E-state index contributed by atoms with van der Waals surface area (Å²) in [6.07, 6.45) is 3.14. The lowest BCUT2D eigenvalue weighted by Crippen LogP contribution is -2.43. The molecule has 1 heterocycles. The Hall–Kier alpha value is -2.57. The second kappa shape index (κ2) is 6.90. The molecule has 3 amide bonds. The minimum Gasteiger partial charge on any atom is -0.481 e. The molecule has 7 heteroatoms. The van der Waals surface area contributed by atoms with Crippen LogP contribution in [0.15, 0.2) is 24.3 Å². The molecule has 1 aliphatic carbocycles. The first-order valence-electron chi connectivity index (χ1n) is 8.23. The number of aliphatic carboxylic acids is 1. The SMILES string of the molecule is O=C(Nc1ccc(N2CCC2=O)cc1)NC1CCC(C(=O)O)CC1. The number of β-lactam (4-membered cyclic amide) rings is 1. The normalized spacial score (nSPS) is 23.3. The Bertz CT molecular complexity index is 636. The first kappa shape index (κ1) is 16.3. The van der Waals surface area contributed by atoms with Crippen molar-refractivity contribution in [1.82, 2.24) is 5.32 Å². The summed E-state index contributed by atoms with van der Waals surface area (Å²) in [5, 5.41) is 14.6. The fraction of sp³-hybridized carbons (Fsp3) is 0.471. The number of nitrogens with zero attached hydrogens (tertiary/aromatic N) is 1. The van der Waals surface area contributed by atoms with Gasteiger partial charge in [0.05, 0.1) is 5.92 Å². The van der Waals surface area contributed by atoms with Gasteiger partial charge >= 0.3 is 12.0 Å². The van der Waals surface area contributed by atoms with Crippen LogP contribution in [0, 0.1) is 5.92 Å². The van der Waals surface area contributed by atoms with E-state index < -0.39 is 5.97 Å². The van der Waals surface area contributed by atoms with Gasteiger partial charge in [0.2, 0.25) is 5.91 Å². The average Bonchev–Trinajstić information content (AvgIpc) is 2.55. The molecule has 0 atom stereocenters. The number of carbonyl (C=O) groups excluding carboxylic acids is 2. The highest BCUT2D eigenvalue weighted by atomic mass is 16.4. The maximum atomic E-state index is 12.0. The number of nitrogens with one attached hydrogen (secondary N) is 2. The highest BCUT2D eigenvalue weighted by Gasteiger charge is 2.27. The molecular formula is C17H21N3O4. The van der Waals surface area contributed by atoms with Crippen LogP contribution in [-0.4, -0.2) is 35.6 Å². The van der Waals surface area contributed by atoms with Crippen molar-refractivity contribution in [3.8, 4) is 0 Å². The Balaban J connectivity index is 1.47. The number of carboxylic acids is 1. The van der Waals surface area contributed by atoms with Crippen LogP contribution in [-0.2, 0) is 9.59 Å². The van der Waals surface area contributed by atoms with Crippen molar-refractivity contribution in [3.63, 3.8) is 0 Å². The summed E-state index contributed by atoms with van der Waals surface area (Å²) in [6.45, 7) is 0.741. The quantitative estimate of drug-likeness (QED) is 0.737. The first-order chi connectivity index (χ1) is 11.5. The molecule has 2 fully saturated rings. The van der Waals surface area contributed by atoms with Crippen LogP contribution < -0.4 is 15.5 Å². The largest absolute Gasteiger partial charge is 0.481 e. The molecule has 128 valence electrons. The van der Waals surface area contributed by atoms with Crippen molar-refractivity contribution < 1.29 is 19.5 Å². The van der Waals surface area contributed by atoms with Crippen LogP contribution in [0.25, 0.3) is 0 Å². The number of anilines is 2. The molecule has 0 unspecified atom stereocenters. The summed E-state index contributed by atoms with van der Waals surface area (Å²) < 4.78 is 0. The highest BCUT2D eigenvalue weighted by molar-refractivity contribution is 5.99. The smallest absolute Gasteiger partial charge is 0.319 e. The summed E-state index contributed by atoms with van der Waals surface area (Å²) >= 11 is 0. The zero-order valence-corrected chi connectivity index (χ0v) is 13.3. The third kappa shape index (κ3) is 3.67. The Morgan fingerprint density at radius 1 is 1.08 bits per heavy atom. The van der Waals surface area contributed by atoms with Crippen molar-refractivity contribution >= 4 is 29.3 Å². The molecule has 1 saturated heterocycles. The number of amides is 3. The van der Waals surface area contributed by atoms with Crippen LogP contribution in [0.1, 0.15) is 32.1 Å². The van der Waals surface area contributed by atoms with E-state index in [1.807, 2.05) is 12.1 Å².